The van der Waals surface area contributed by atoms with Crippen molar-refractivity contribution in [2.45, 2.75) is 33.1 Å². The van der Waals surface area contributed by atoms with E-state index < -0.39 is 0 Å². The summed E-state index contributed by atoms with van der Waals surface area (Å²) < 4.78 is 10.1. The maximum atomic E-state index is 11.4. The van der Waals surface area contributed by atoms with E-state index in [9.17, 15) is 9.90 Å². The fourth-order valence-corrected chi connectivity index (χ4v) is 1.92. The Labute approximate surface area is 108 Å². The quantitative estimate of drug-likeness (QED) is 0.819. The predicted molar refractivity (Wildman–Crippen MR) is 69.1 cm³/mol. The van der Waals surface area contributed by atoms with E-state index >= 15 is 0 Å². The van der Waals surface area contributed by atoms with Crippen molar-refractivity contribution in [1.82, 2.24) is 0 Å². The molecule has 100 valence electrons. The highest BCUT2D eigenvalue weighted by atomic mass is 16.5. The number of ether oxygens (including phenoxy) is 2. The number of aryl methyl sites for hydroxylation is 1. The van der Waals surface area contributed by atoms with Crippen LogP contribution in [-0.2, 0) is 9.53 Å². The van der Waals surface area contributed by atoms with Crippen LogP contribution < -0.4 is 4.74 Å². The van der Waals surface area contributed by atoms with Crippen molar-refractivity contribution in [2.24, 2.45) is 0 Å². The summed E-state index contributed by atoms with van der Waals surface area (Å²) in [5.41, 5.74) is 1.56. The van der Waals surface area contributed by atoms with E-state index in [0.29, 0.717) is 17.9 Å². The second-order valence-electron chi connectivity index (χ2n) is 4.26. The van der Waals surface area contributed by atoms with Crippen LogP contribution >= 0.6 is 0 Å². The molecule has 0 aliphatic carbocycles. The van der Waals surface area contributed by atoms with Crippen molar-refractivity contribution in [2.75, 3.05) is 13.7 Å². The number of phenolic OH excluding ortho intramolecular Hbond substituents is 1. The minimum absolute atomic E-state index is 0.106. The van der Waals surface area contributed by atoms with Gasteiger partial charge >= 0.3 is 5.97 Å². The first-order valence-corrected chi connectivity index (χ1v) is 6.03. The van der Waals surface area contributed by atoms with Gasteiger partial charge in [-0.2, -0.15) is 0 Å². The maximum Gasteiger partial charge on any atom is 0.306 e. The average molecular weight is 252 g/mol. The Balaban J connectivity index is 2.92. The fraction of sp³-hybridized carbons (Fsp3) is 0.500. The zero-order valence-electron chi connectivity index (χ0n) is 11.3. The first kappa shape index (κ1) is 14.4. The zero-order valence-corrected chi connectivity index (χ0v) is 11.3. The van der Waals surface area contributed by atoms with Crippen LogP contribution in [0.5, 0.6) is 11.5 Å². The van der Waals surface area contributed by atoms with Gasteiger partial charge in [0, 0.05) is 5.56 Å². The molecule has 0 aliphatic rings. The van der Waals surface area contributed by atoms with E-state index in [4.69, 9.17) is 9.47 Å². The Hall–Kier alpha value is -1.71. The number of benzene rings is 1. The van der Waals surface area contributed by atoms with Gasteiger partial charge in [-0.1, -0.05) is 19.1 Å². The first-order chi connectivity index (χ1) is 8.51. The zero-order chi connectivity index (χ0) is 13.7. The summed E-state index contributed by atoms with van der Waals surface area (Å²) in [4.78, 5) is 11.4. The van der Waals surface area contributed by atoms with Gasteiger partial charge in [-0.05, 0) is 25.3 Å². The van der Waals surface area contributed by atoms with Gasteiger partial charge in [0.15, 0.2) is 11.5 Å². The van der Waals surface area contributed by atoms with Gasteiger partial charge in [0.2, 0.25) is 0 Å². The van der Waals surface area contributed by atoms with Crippen LogP contribution in [0.4, 0.5) is 0 Å². The van der Waals surface area contributed by atoms with E-state index in [1.54, 1.807) is 6.92 Å². The van der Waals surface area contributed by atoms with Gasteiger partial charge in [-0.15, -0.1) is 0 Å². The van der Waals surface area contributed by atoms with E-state index in [-0.39, 0.29) is 24.1 Å². The van der Waals surface area contributed by atoms with Crippen LogP contribution in [0.15, 0.2) is 12.1 Å². The summed E-state index contributed by atoms with van der Waals surface area (Å²) in [6.45, 7) is 5.88. The van der Waals surface area contributed by atoms with Gasteiger partial charge in [-0.25, -0.2) is 0 Å². The molecule has 1 aromatic carbocycles. The Morgan fingerprint density at radius 3 is 2.67 bits per heavy atom. The molecule has 0 heterocycles. The van der Waals surface area contributed by atoms with Gasteiger partial charge in [-0.3, -0.25) is 4.79 Å². The Kier molecular flexibility index (Phi) is 5.01. The van der Waals surface area contributed by atoms with Gasteiger partial charge in [0.25, 0.3) is 0 Å². The number of methoxy groups -OCH3 is 1. The molecule has 4 heteroatoms. The van der Waals surface area contributed by atoms with Crippen LogP contribution in [0, 0.1) is 6.92 Å². The van der Waals surface area contributed by atoms with Crippen LogP contribution in [0.2, 0.25) is 0 Å². The molecule has 1 rings (SSSR count). The summed E-state index contributed by atoms with van der Waals surface area (Å²) in [5.74, 6) is 0.194. The molecule has 0 radical (unpaired) electrons. The Bertz CT molecular complexity index is 426. The number of aromatic hydroxyl groups is 1. The third-order valence-corrected chi connectivity index (χ3v) is 2.87. The van der Waals surface area contributed by atoms with Gasteiger partial charge in [0.1, 0.15) is 0 Å². The van der Waals surface area contributed by atoms with Crippen molar-refractivity contribution >= 4 is 5.97 Å². The number of esters is 1. The number of carbonyl (C=O) groups excluding carboxylic acids is 1. The topological polar surface area (TPSA) is 55.8 Å². The number of hydrogen-bond donors (Lipinski definition) is 1. The Morgan fingerprint density at radius 1 is 1.44 bits per heavy atom. The average Bonchev–Trinajstić information content (AvgIpc) is 2.29. The van der Waals surface area contributed by atoms with Crippen molar-refractivity contribution in [3.63, 3.8) is 0 Å². The lowest BCUT2D eigenvalue weighted by Crippen LogP contribution is -2.08. The molecule has 0 saturated heterocycles. The van der Waals surface area contributed by atoms with Gasteiger partial charge in [0.05, 0.1) is 20.1 Å². The Morgan fingerprint density at radius 2 is 2.11 bits per heavy atom. The molecule has 1 unspecified atom stereocenters. The third-order valence-electron chi connectivity index (χ3n) is 2.87. The molecule has 4 nitrogen and oxygen atoms in total. The number of carbonyl (C=O) groups is 1. The van der Waals surface area contributed by atoms with E-state index in [1.165, 1.54) is 7.11 Å². The second-order valence-corrected chi connectivity index (χ2v) is 4.26. The van der Waals surface area contributed by atoms with Crippen LogP contribution in [0.1, 0.15) is 37.3 Å². The number of phenols is 1. The smallest absolute Gasteiger partial charge is 0.306 e. The molecule has 1 N–H and O–H groups in total. The van der Waals surface area contributed by atoms with Gasteiger partial charge < -0.3 is 14.6 Å². The lowest BCUT2D eigenvalue weighted by atomic mass is 9.95. The summed E-state index contributed by atoms with van der Waals surface area (Å²) >= 11 is 0. The van der Waals surface area contributed by atoms with Crippen molar-refractivity contribution in [3.05, 3.63) is 23.3 Å². The van der Waals surface area contributed by atoms with Crippen molar-refractivity contribution < 1.29 is 19.4 Å². The largest absolute Gasteiger partial charge is 0.504 e. The summed E-state index contributed by atoms with van der Waals surface area (Å²) in [6.07, 6.45) is 0.244. The van der Waals surface area contributed by atoms with E-state index in [0.717, 1.165) is 5.56 Å². The summed E-state index contributed by atoms with van der Waals surface area (Å²) in [7, 11) is 1.52. The van der Waals surface area contributed by atoms with Crippen LogP contribution in [0.3, 0.4) is 0 Å². The number of rotatable bonds is 5. The molecular formula is C14H20O4. The first-order valence-electron chi connectivity index (χ1n) is 6.03. The lowest BCUT2D eigenvalue weighted by Gasteiger charge is -2.16. The molecular weight excluding hydrogens is 232 g/mol. The number of hydrogen-bond acceptors (Lipinski definition) is 4. The molecule has 0 spiro atoms. The second kappa shape index (κ2) is 6.28. The van der Waals surface area contributed by atoms with E-state index in [2.05, 4.69) is 0 Å². The minimum Gasteiger partial charge on any atom is -0.504 e. The molecule has 18 heavy (non-hydrogen) atoms. The molecule has 0 saturated carbocycles. The molecule has 1 aromatic rings. The predicted octanol–water partition coefficient (Wildman–Crippen LogP) is 2.77. The summed E-state index contributed by atoms with van der Waals surface area (Å²) in [6, 6.07) is 3.69. The molecule has 1 atom stereocenters. The highest BCUT2D eigenvalue weighted by Gasteiger charge is 2.18. The molecule has 0 fully saturated rings. The van der Waals surface area contributed by atoms with Crippen LogP contribution in [0.25, 0.3) is 0 Å². The lowest BCUT2D eigenvalue weighted by molar-refractivity contribution is -0.143. The SMILES string of the molecule is CCOC(=O)CC(C)c1ccc(C)c(OC)c1O. The fourth-order valence-electron chi connectivity index (χ4n) is 1.92. The molecule has 0 amide bonds. The van der Waals surface area contributed by atoms with E-state index in [1.807, 2.05) is 26.0 Å². The highest BCUT2D eigenvalue weighted by molar-refractivity contribution is 5.71. The standard InChI is InChI=1S/C14H20O4/c1-5-18-12(15)8-10(3)11-7-6-9(2)14(17-4)13(11)16/h6-7,10,16H,5,8H2,1-4H3. The maximum absolute atomic E-state index is 11.4. The van der Waals surface area contributed by atoms with Crippen molar-refractivity contribution in [1.29, 1.82) is 0 Å². The minimum atomic E-state index is -0.260. The highest BCUT2D eigenvalue weighted by Crippen LogP contribution is 2.38. The molecule has 0 bridgehead atoms. The summed E-state index contributed by atoms with van der Waals surface area (Å²) in [5, 5.41) is 10.1. The van der Waals surface area contributed by atoms with Crippen molar-refractivity contribution in [3.8, 4) is 11.5 Å². The monoisotopic (exact) mass is 252 g/mol. The third kappa shape index (κ3) is 3.15. The molecule has 0 aliphatic heterocycles. The normalized spacial score (nSPS) is 12.0. The molecule has 0 aromatic heterocycles. The van der Waals surface area contributed by atoms with Crippen LogP contribution in [-0.4, -0.2) is 24.8 Å².